The Labute approximate surface area is 167 Å². The molecule has 0 N–H and O–H groups in total. The summed E-state index contributed by atoms with van der Waals surface area (Å²) in [6.07, 6.45) is 7.24. The first-order valence-corrected chi connectivity index (χ1v) is 11.8. The minimum atomic E-state index is -3.57. The predicted octanol–water partition coefficient (Wildman–Crippen LogP) is 2.74. The summed E-state index contributed by atoms with van der Waals surface area (Å²) in [4.78, 5) is 15.1. The van der Waals surface area contributed by atoms with Crippen molar-refractivity contribution < 1.29 is 17.9 Å². The number of ether oxygens (including phenoxy) is 1. The van der Waals surface area contributed by atoms with Gasteiger partial charge in [-0.25, -0.2) is 8.42 Å². The number of benzene rings is 1. The Bertz CT molecular complexity index is 835. The first-order valence-electron chi connectivity index (χ1n) is 10.4. The maximum atomic E-state index is 13.2. The molecule has 2 aliphatic heterocycles. The maximum Gasteiger partial charge on any atom is 0.244 e. The summed E-state index contributed by atoms with van der Waals surface area (Å²) in [6, 6.07) is 7.25. The van der Waals surface area contributed by atoms with Gasteiger partial charge in [-0.05, 0) is 30.4 Å². The molecule has 2 fully saturated rings. The second kappa shape index (κ2) is 7.76. The zero-order chi connectivity index (χ0) is 19.8. The van der Waals surface area contributed by atoms with E-state index in [2.05, 4.69) is 0 Å². The van der Waals surface area contributed by atoms with Crippen molar-refractivity contribution in [2.45, 2.75) is 55.4 Å². The summed E-state index contributed by atoms with van der Waals surface area (Å²) in [5.74, 6) is 0.851. The number of hydrogen-bond donors (Lipinski definition) is 0. The van der Waals surface area contributed by atoms with Crippen LogP contribution in [0.3, 0.4) is 0 Å². The van der Waals surface area contributed by atoms with Gasteiger partial charge >= 0.3 is 0 Å². The summed E-state index contributed by atoms with van der Waals surface area (Å²) in [5, 5.41) is 0. The zero-order valence-corrected chi connectivity index (χ0v) is 17.4. The normalized spacial score (nSPS) is 27.0. The van der Waals surface area contributed by atoms with Crippen molar-refractivity contribution in [3.8, 4) is 0 Å². The molecule has 1 saturated heterocycles. The number of fused-ring (bicyclic) bond motifs is 2. The second-order valence-corrected chi connectivity index (χ2v) is 10.2. The van der Waals surface area contributed by atoms with E-state index in [0.717, 1.165) is 12.0 Å². The van der Waals surface area contributed by atoms with E-state index in [4.69, 9.17) is 4.74 Å². The summed E-state index contributed by atoms with van der Waals surface area (Å²) >= 11 is 0. The fraction of sp³-hybridized carbons (Fsp3) is 0.667. The van der Waals surface area contributed by atoms with Crippen molar-refractivity contribution in [2.75, 3.05) is 33.4 Å². The van der Waals surface area contributed by atoms with E-state index >= 15 is 0 Å². The lowest BCUT2D eigenvalue weighted by Crippen LogP contribution is -2.47. The summed E-state index contributed by atoms with van der Waals surface area (Å²) < 4.78 is 33.2. The van der Waals surface area contributed by atoms with Gasteiger partial charge in [-0.1, -0.05) is 43.9 Å². The van der Waals surface area contributed by atoms with E-state index in [1.807, 2.05) is 17.0 Å². The third kappa shape index (κ3) is 3.27. The number of amides is 1. The first-order chi connectivity index (χ1) is 13.5. The molecule has 6 nitrogen and oxygen atoms in total. The first kappa shape index (κ1) is 19.9. The van der Waals surface area contributed by atoms with Gasteiger partial charge in [-0.3, -0.25) is 4.79 Å². The van der Waals surface area contributed by atoms with Gasteiger partial charge in [0.05, 0.1) is 17.0 Å². The Kier molecular flexibility index (Phi) is 5.51. The SMILES string of the molecule is COCCN1[C@]2(CCN(C(=O)CCC3CCCC3)C2)c2ccccc2S1(=O)=O. The summed E-state index contributed by atoms with van der Waals surface area (Å²) in [7, 11) is -1.99. The highest BCUT2D eigenvalue weighted by Crippen LogP contribution is 2.49. The van der Waals surface area contributed by atoms with Gasteiger partial charge in [0.15, 0.2) is 0 Å². The monoisotopic (exact) mass is 406 g/mol. The number of likely N-dealkylation sites (tertiary alicyclic amines) is 1. The van der Waals surface area contributed by atoms with Crippen LogP contribution in [0.15, 0.2) is 29.2 Å². The molecule has 0 bridgehead atoms. The molecule has 0 aromatic heterocycles. The van der Waals surface area contributed by atoms with Crippen molar-refractivity contribution in [3.63, 3.8) is 0 Å². The Hall–Kier alpha value is -1.44. The smallest absolute Gasteiger partial charge is 0.244 e. The van der Waals surface area contributed by atoms with Gasteiger partial charge in [0, 0.05) is 33.2 Å². The van der Waals surface area contributed by atoms with Gasteiger partial charge in [0.2, 0.25) is 15.9 Å². The van der Waals surface area contributed by atoms with Crippen molar-refractivity contribution in [2.24, 2.45) is 5.92 Å². The fourth-order valence-electron chi connectivity index (χ4n) is 5.28. The van der Waals surface area contributed by atoms with Crippen molar-refractivity contribution in [1.82, 2.24) is 9.21 Å². The number of sulfonamides is 1. The van der Waals surface area contributed by atoms with Gasteiger partial charge in [-0.2, -0.15) is 4.31 Å². The summed E-state index contributed by atoms with van der Waals surface area (Å²) in [6.45, 7) is 1.69. The Morgan fingerprint density at radius 1 is 1.25 bits per heavy atom. The van der Waals surface area contributed by atoms with Crippen LogP contribution < -0.4 is 0 Å². The van der Waals surface area contributed by atoms with Crippen LogP contribution in [-0.4, -0.2) is 56.9 Å². The largest absolute Gasteiger partial charge is 0.383 e. The van der Waals surface area contributed by atoms with Crippen LogP contribution in [-0.2, 0) is 25.1 Å². The van der Waals surface area contributed by atoms with Crippen LogP contribution in [0.5, 0.6) is 0 Å². The average Bonchev–Trinajstić information content (AvgIpc) is 3.40. The van der Waals surface area contributed by atoms with Crippen molar-refractivity contribution in [1.29, 1.82) is 0 Å². The van der Waals surface area contributed by atoms with Gasteiger partial charge < -0.3 is 9.64 Å². The molecule has 4 rings (SSSR count). The quantitative estimate of drug-likeness (QED) is 0.729. The molecule has 0 radical (unpaired) electrons. The van der Waals surface area contributed by atoms with E-state index in [0.29, 0.717) is 49.9 Å². The molecule has 3 aliphatic rings. The average molecular weight is 407 g/mol. The van der Waals surface area contributed by atoms with Crippen molar-refractivity contribution in [3.05, 3.63) is 29.8 Å². The van der Waals surface area contributed by atoms with Crippen LogP contribution in [0.1, 0.15) is 50.5 Å². The van der Waals surface area contributed by atoms with Gasteiger partial charge in [-0.15, -0.1) is 0 Å². The number of nitrogens with zero attached hydrogens (tertiary/aromatic N) is 2. The van der Waals surface area contributed by atoms with E-state index in [9.17, 15) is 13.2 Å². The second-order valence-electron chi connectivity index (χ2n) is 8.35. The van der Waals surface area contributed by atoms with E-state index < -0.39 is 15.6 Å². The molecule has 0 unspecified atom stereocenters. The molecule has 28 heavy (non-hydrogen) atoms. The fourth-order valence-corrected chi connectivity index (χ4v) is 7.33. The third-order valence-corrected chi connectivity index (χ3v) is 8.80. The molecule has 1 spiro atoms. The minimum absolute atomic E-state index is 0.164. The third-order valence-electron chi connectivity index (χ3n) is 6.77. The number of methoxy groups -OCH3 is 1. The minimum Gasteiger partial charge on any atom is -0.383 e. The molecule has 2 heterocycles. The standard InChI is InChI=1S/C21H30N2O4S/c1-27-15-14-23-21(18-8-4-5-9-19(18)28(23,25)26)12-13-22(16-21)20(24)11-10-17-6-2-3-7-17/h4-5,8-9,17H,2-3,6-7,10-16H2,1H3/t21-/m0/s1. The summed E-state index contributed by atoms with van der Waals surface area (Å²) in [5.41, 5.74) is 0.175. The molecule has 7 heteroatoms. The number of hydrogen-bond acceptors (Lipinski definition) is 4. The van der Waals surface area contributed by atoms with Crippen LogP contribution >= 0.6 is 0 Å². The highest BCUT2D eigenvalue weighted by Gasteiger charge is 2.57. The van der Waals surface area contributed by atoms with Crippen LogP contribution in [0.2, 0.25) is 0 Å². The topological polar surface area (TPSA) is 66.9 Å². The number of rotatable bonds is 6. The van der Waals surface area contributed by atoms with Gasteiger partial charge in [0.1, 0.15) is 0 Å². The van der Waals surface area contributed by atoms with Gasteiger partial charge in [0.25, 0.3) is 0 Å². The van der Waals surface area contributed by atoms with Crippen LogP contribution in [0.25, 0.3) is 0 Å². The number of carbonyl (C=O) groups is 1. The molecule has 1 saturated carbocycles. The number of carbonyl (C=O) groups excluding carboxylic acids is 1. The lowest BCUT2D eigenvalue weighted by Gasteiger charge is -2.34. The highest BCUT2D eigenvalue weighted by molar-refractivity contribution is 7.89. The maximum absolute atomic E-state index is 13.2. The Balaban J connectivity index is 1.56. The van der Waals surface area contributed by atoms with Crippen LogP contribution in [0, 0.1) is 5.92 Å². The lowest BCUT2D eigenvalue weighted by atomic mass is 9.89. The lowest BCUT2D eigenvalue weighted by molar-refractivity contribution is -0.130. The molecule has 1 aliphatic carbocycles. The molecule has 154 valence electrons. The molecule has 1 aromatic carbocycles. The Morgan fingerprint density at radius 2 is 2.00 bits per heavy atom. The predicted molar refractivity (Wildman–Crippen MR) is 106 cm³/mol. The Morgan fingerprint density at radius 3 is 2.75 bits per heavy atom. The van der Waals surface area contributed by atoms with E-state index in [1.165, 1.54) is 25.7 Å². The highest BCUT2D eigenvalue weighted by atomic mass is 32.2. The van der Waals surface area contributed by atoms with Crippen molar-refractivity contribution >= 4 is 15.9 Å². The molecular weight excluding hydrogens is 376 g/mol. The van der Waals surface area contributed by atoms with E-state index in [1.54, 1.807) is 23.5 Å². The van der Waals surface area contributed by atoms with Crippen LogP contribution in [0.4, 0.5) is 0 Å². The molecular formula is C21H30N2O4S. The molecule has 1 amide bonds. The molecule has 1 aromatic rings. The molecule has 1 atom stereocenters. The zero-order valence-electron chi connectivity index (χ0n) is 16.6. The van der Waals surface area contributed by atoms with E-state index in [-0.39, 0.29) is 5.91 Å².